The van der Waals surface area contributed by atoms with E-state index < -0.39 is 0 Å². The lowest BCUT2D eigenvalue weighted by molar-refractivity contribution is 0.317. The molecule has 104 valence electrons. The topological polar surface area (TPSA) is 35.2 Å². The minimum atomic E-state index is -0.271. The Morgan fingerprint density at radius 1 is 1.00 bits per heavy atom. The van der Waals surface area contributed by atoms with Gasteiger partial charge in [-0.05, 0) is 48.1 Å². The average Bonchev–Trinajstić information content (AvgIpc) is 2.83. The number of hydrogen-bond acceptors (Lipinski definition) is 2. The molecule has 0 aromatic heterocycles. The SMILES string of the molecule is CCCOc1ccc(C2(N)Cc3ccccc3C2)cc1. The molecule has 0 atom stereocenters. The molecule has 2 heteroatoms. The summed E-state index contributed by atoms with van der Waals surface area (Å²) in [4.78, 5) is 0. The van der Waals surface area contributed by atoms with Crippen molar-refractivity contribution in [2.24, 2.45) is 5.73 Å². The first-order valence-corrected chi connectivity index (χ1v) is 7.30. The predicted octanol–water partition coefficient (Wildman–Crippen LogP) is 3.43. The average molecular weight is 267 g/mol. The number of fused-ring (bicyclic) bond motifs is 1. The van der Waals surface area contributed by atoms with Crippen LogP contribution in [0.4, 0.5) is 0 Å². The highest BCUT2D eigenvalue weighted by molar-refractivity contribution is 5.42. The van der Waals surface area contributed by atoms with E-state index in [1.165, 1.54) is 16.7 Å². The maximum Gasteiger partial charge on any atom is 0.119 e. The highest BCUT2D eigenvalue weighted by atomic mass is 16.5. The highest BCUT2D eigenvalue weighted by Gasteiger charge is 2.34. The van der Waals surface area contributed by atoms with Crippen molar-refractivity contribution in [1.29, 1.82) is 0 Å². The van der Waals surface area contributed by atoms with Gasteiger partial charge in [-0.25, -0.2) is 0 Å². The third-order valence-corrected chi connectivity index (χ3v) is 4.03. The van der Waals surface area contributed by atoms with E-state index >= 15 is 0 Å². The van der Waals surface area contributed by atoms with Crippen molar-refractivity contribution in [2.45, 2.75) is 31.7 Å². The Morgan fingerprint density at radius 3 is 2.15 bits per heavy atom. The first kappa shape index (κ1) is 13.2. The van der Waals surface area contributed by atoms with Crippen LogP contribution in [0, 0.1) is 0 Å². The van der Waals surface area contributed by atoms with Crippen LogP contribution in [-0.2, 0) is 18.4 Å². The van der Waals surface area contributed by atoms with Crippen LogP contribution in [-0.4, -0.2) is 6.61 Å². The van der Waals surface area contributed by atoms with Crippen molar-refractivity contribution >= 4 is 0 Å². The van der Waals surface area contributed by atoms with E-state index in [-0.39, 0.29) is 5.54 Å². The Bertz CT molecular complexity index is 564. The molecule has 0 spiro atoms. The monoisotopic (exact) mass is 267 g/mol. The molecule has 1 aliphatic carbocycles. The summed E-state index contributed by atoms with van der Waals surface area (Å²) in [6.45, 7) is 2.87. The van der Waals surface area contributed by atoms with E-state index in [0.29, 0.717) is 0 Å². The molecule has 3 rings (SSSR count). The van der Waals surface area contributed by atoms with Gasteiger partial charge in [-0.3, -0.25) is 0 Å². The van der Waals surface area contributed by atoms with Gasteiger partial charge in [-0.2, -0.15) is 0 Å². The summed E-state index contributed by atoms with van der Waals surface area (Å²) in [6, 6.07) is 16.8. The van der Waals surface area contributed by atoms with Crippen molar-refractivity contribution in [3.63, 3.8) is 0 Å². The van der Waals surface area contributed by atoms with Gasteiger partial charge in [-0.15, -0.1) is 0 Å². The van der Waals surface area contributed by atoms with Gasteiger partial charge in [0.05, 0.1) is 6.61 Å². The van der Waals surface area contributed by atoms with Crippen LogP contribution in [0.5, 0.6) is 5.75 Å². The van der Waals surface area contributed by atoms with E-state index in [2.05, 4.69) is 43.3 Å². The van der Waals surface area contributed by atoms with E-state index in [4.69, 9.17) is 10.5 Å². The summed E-state index contributed by atoms with van der Waals surface area (Å²) < 4.78 is 5.63. The highest BCUT2D eigenvalue weighted by Crippen LogP contribution is 2.36. The van der Waals surface area contributed by atoms with Crippen molar-refractivity contribution in [1.82, 2.24) is 0 Å². The fourth-order valence-electron chi connectivity index (χ4n) is 2.95. The molecule has 2 aromatic rings. The van der Waals surface area contributed by atoms with Crippen molar-refractivity contribution < 1.29 is 4.74 Å². The Morgan fingerprint density at radius 2 is 1.60 bits per heavy atom. The van der Waals surface area contributed by atoms with Crippen LogP contribution in [0.1, 0.15) is 30.0 Å². The summed E-state index contributed by atoms with van der Waals surface area (Å²) in [5, 5.41) is 0. The Hall–Kier alpha value is -1.80. The zero-order valence-corrected chi connectivity index (χ0v) is 11.9. The van der Waals surface area contributed by atoms with Crippen LogP contribution in [0.15, 0.2) is 48.5 Å². The summed E-state index contributed by atoms with van der Waals surface area (Å²) in [5.74, 6) is 0.926. The summed E-state index contributed by atoms with van der Waals surface area (Å²) in [5.41, 5.74) is 10.3. The molecule has 2 nitrogen and oxygen atoms in total. The minimum Gasteiger partial charge on any atom is -0.494 e. The Kier molecular flexibility index (Phi) is 3.49. The number of benzene rings is 2. The summed E-state index contributed by atoms with van der Waals surface area (Å²) >= 11 is 0. The first-order chi connectivity index (χ1) is 9.71. The van der Waals surface area contributed by atoms with Gasteiger partial charge >= 0.3 is 0 Å². The van der Waals surface area contributed by atoms with Crippen molar-refractivity contribution in [3.05, 3.63) is 65.2 Å². The third-order valence-electron chi connectivity index (χ3n) is 4.03. The van der Waals surface area contributed by atoms with E-state index in [1.807, 2.05) is 12.1 Å². The Labute approximate surface area is 120 Å². The molecule has 0 fully saturated rings. The van der Waals surface area contributed by atoms with Gasteiger partial charge in [0.25, 0.3) is 0 Å². The number of rotatable bonds is 4. The molecule has 0 aliphatic heterocycles. The van der Waals surface area contributed by atoms with Gasteiger partial charge in [0.2, 0.25) is 0 Å². The predicted molar refractivity (Wildman–Crippen MR) is 81.9 cm³/mol. The molecule has 0 saturated carbocycles. The van der Waals surface area contributed by atoms with Crippen LogP contribution in [0.25, 0.3) is 0 Å². The second kappa shape index (κ2) is 5.29. The first-order valence-electron chi connectivity index (χ1n) is 7.30. The third kappa shape index (κ3) is 2.44. The van der Waals surface area contributed by atoms with Crippen molar-refractivity contribution in [2.75, 3.05) is 6.61 Å². The second-order valence-corrected chi connectivity index (χ2v) is 5.65. The number of ether oxygens (including phenoxy) is 1. The number of nitrogens with two attached hydrogens (primary N) is 1. The molecule has 0 heterocycles. The largest absolute Gasteiger partial charge is 0.494 e. The lowest BCUT2D eigenvalue weighted by Crippen LogP contribution is -2.37. The molecular formula is C18H21NO. The van der Waals surface area contributed by atoms with Gasteiger partial charge in [0.15, 0.2) is 0 Å². The fourth-order valence-corrected chi connectivity index (χ4v) is 2.95. The molecule has 2 aromatic carbocycles. The smallest absolute Gasteiger partial charge is 0.119 e. The standard InChI is InChI=1S/C18H21NO/c1-2-11-20-17-9-7-16(8-10-17)18(19)12-14-5-3-4-6-15(14)13-18/h3-10H,2,11-13,19H2,1H3. The number of hydrogen-bond donors (Lipinski definition) is 1. The molecule has 0 bridgehead atoms. The zero-order valence-electron chi connectivity index (χ0n) is 11.9. The molecule has 0 amide bonds. The maximum atomic E-state index is 6.64. The van der Waals surface area contributed by atoms with Crippen LogP contribution in [0.2, 0.25) is 0 Å². The summed E-state index contributed by atoms with van der Waals surface area (Å²) in [7, 11) is 0. The van der Waals surface area contributed by atoms with Gasteiger partial charge in [0, 0.05) is 5.54 Å². The lowest BCUT2D eigenvalue weighted by Gasteiger charge is -2.24. The van der Waals surface area contributed by atoms with E-state index in [0.717, 1.165) is 31.6 Å². The van der Waals surface area contributed by atoms with E-state index in [9.17, 15) is 0 Å². The quantitative estimate of drug-likeness (QED) is 0.921. The zero-order chi connectivity index (χ0) is 14.0. The van der Waals surface area contributed by atoms with Gasteiger partial charge in [0.1, 0.15) is 5.75 Å². The normalized spacial score (nSPS) is 15.9. The fraction of sp³-hybridized carbons (Fsp3) is 0.333. The Balaban J connectivity index is 1.80. The maximum absolute atomic E-state index is 6.64. The van der Waals surface area contributed by atoms with E-state index in [1.54, 1.807) is 0 Å². The molecule has 20 heavy (non-hydrogen) atoms. The van der Waals surface area contributed by atoms with Crippen LogP contribution < -0.4 is 10.5 Å². The van der Waals surface area contributed by atoms with Gasteiger partial charge in [-0.1, -0.05) is 43.3 Å². The molecule has 2 N–H and O–H groups in total. The molecule has 0 unspecified atom stereocenters. The minimum absolute atomic E-state index is 0.271. The second-order valence-electron chi connectivity index (χ2n) is 5.65. The van der Waals surface area contributed by atoms with Crippen molar-refractivity contribution in [3.8, 4) is 5.75 Å². The molecule has 0 radical (unpaired) electrons. The molecule has 0 saturated heterocycles. The molecule has 1 aliphatic rings. The lowest BCUT2D eigenvalue weighted by atomic mass is 9.88. The summed E-state index contributed by atoms with van der Waals surface area (Å²) in [6.07, 6.45) is 2.86. The van der Waals surface area contributed by atoms with Crippen LogP contribution >= 0.6 is 0 Å². The van der Waals surface area contributed by atoms with Crippen LogP contribution in [0.3, 0.4) is 0 Å². The van der Waals surface area contributed by atoms with Gasteiger partial charge < -0.3 is 10.5 Å². The molecular weight excluding hydrogens is 246 g/mol.